The van der Waals surface area contributed by atoms with Gasteiger partial charge < -0.3 is 25.1 Å². The molecule has 0 aromatic carbocycles. The molecule has 3 N–H and O–H groups in total. The van der Waals surface area contributed by atoms with Gasteiger partial charge in [0.2, 0.25) is 0 Å². The first-order valence-corrected chi connectivity index (χ1v) is 9.99. The predicted molar refractivity (Wildman–Crippen MR) is 128 cm³/mol. The second kappa shape index (κ2) is 14.5. The molecule has 1 heterocycles. The summed E-state index contributed by atoms with van der Waals surface area (Å²) in [7, 11) is 1.74. The Morgan fingerprint density at radius 1 is 1.21 bits per heavy atom. The lowest BCUT2D eigenvalue weighted by Crippen LogP contribution is -2.43. The summed E-state index contributed by atoms with van der Waals surface area (Å²) in [6, 6.07) is 4.05. The number of guanidine groups is 1. The van der Waals surface area contributed by atoms with Crippen molar-refractivity contribution in [1.82, 2.24) is 20.9 Å². The Bertz CT molecular complexity index is 583. The van der Waals surface area contributed by atoms with Gasteiger partial charge in [-0.05, 0) is 52.4 Å². The van der Waals surface area contributed by atoms with Crippen LogP contribution in [0.1, 0.15) is 52.8 Å². The number of rotatable bonds is 10. The fourth-order valence-electron chi connectivity index (χ4n) is 2.77. The fraction of sp³-hybridized carbons (Fsp3) is 0.700. The third kappa shape index (κ3) is 11.3. The maximum absolute atomic E-state index is 11.6. The Morgan fingerprint density at radius 3 is 2.38 bits per heavy atom. The quantitative estimate of drug-likeness (QED) is 0.189. The maximum Gasteiger partial charge on any atom is 0.407 e. The van der Waals surface area contributed by atoms with Crippen LogP contribution >= 0.6 is 24.0 Å². The van der Waals surface area contributed by atoms with Crippen molar-refractivity contribution in [3.8, 4) is 0 Å². The van der Waals surface area contributed by atoms with E-state index in [9.17, 15) is 4.79 Å². The average molecular weight is 523 g/mol. The molecule has 1 aromatic rings. The molecular formula is C20H38IN5O3. The molecule has 29 heavy (non-hydrogen) atoms. The average Bonchev–Trinajstić information content (AvgIpc) is 3.15. The molecule has 0 radical (unpaired) electrons. The second-order valence-corrected chi connectivity index (χ2v) is 7.41. The van der Waals surface area contributed by atoms with E-state index in [0.29, 0.717) is 19.6 Å². The first kappa shape index (κ1) is 27.5. The minimum absolute atomic E-state index is 0. The van der Waals surface area contributed by atoms with E-state index in [1.807, 2.05) is 32.9 Å². The van der Waals surface area contributed by atoms with Crippen molar-refractivity contribution in [1.29, 1.82) is 0 Å². The lowest BCUT2D eigenvalue weighted by Gasteiger charge is -2.28. The van der Waals surface area contributed by atoms with Gasteiger partial charge in [0.1, 0.15) is 11.4 Å². The minimum Gasteiger partial charge on any atom is -0.468 e. The number of ether oxygens (including phenoxy) is 1. The molecule has 1 atom stereocenters. The number of nitrogens with one attached hydrogen (secondary N) is 3. The molecule has 0 fully saturated rings. The van der Waals surface area contributed by atoms with E-state index >= 15 is 0 Å². The van der Waals surface area contributed by atoms with E-state index in [2.05, 4.69) is 39.7 Å². The van der Waals surface area contributed by atoms with Gasteiger partial charge in [0.15, 0.2) is 5.96 Å². The molecule has 1 rings (SSSR count). The molecule has 0 bridgehead atoms. The van der Waals surface area contributed by atoms with Crippen LogP contribution in [0.2, 0.25) is 0 Å². The topological polar surface area (TPSA) is 91.1 Å². The number of hydrogen-bond acceptors (Lipinski definition) is 5. The number of likely N-dealkylation sites (N-methyl/N-ethyl adjacent to an activating group) is 1. The summed E-state index contributed by atoms with van der Waals surface area (Å²) in [5, 5.41) is 9.38. The molecule has 0 spiro atoms. The summed E-state index contributed by atoms with van der Waals surface area (Å²) in [6.45, 7) is 13.6. The Balaban J connectivity index is 0.00000784. The van der Waals surface area contributed by atoms with Crippen LogP contribution in [0.3, 0.4) is 0 Å². The highest BCUT2D eigenvalue weighted by Crippen LogP contribution is 2.20. The molecule has 8 nitrogen and oxygen atoms in total. The van der Waals surface area contributed by atoms with Crippen LogP contribution in [0, 0.1) is 0 Å². The molecule has 1 aromatic heterocycles. The van der Waals surface area contributed by atoms with Gasteiger partial charge >= 0.3 is 6.09 Å². The van der Waals surface area contributed by atoms with Crippen LogP contribution in [0.5, 0.6) is 0 Å². The largest absolute Gasteiger partial charge is 0.468 e. The van der Waals surface area contributed by atoms with Crippen molar-refractivity contribution in [2.75, 3.05) is 39.8 Å². The SMILES string of the molecule is CCN(CC)C(CNC(=NC)NCCCNC(=O)OC(C)(C)C)c1ccco1.I. The summed E-state index contributed by atoms with van der Waals surface area (Å²) < 4.78 is 10.8. The van der Waals surface area contributed by atoms with E-state index in [4.69, 9.17) is 9.15 Å². The molecule has 0 saturated heterocycles. The van der Waals surface area contributed by atoms with Crippen molar-refractivity contribution >= 4 is 36.0 Å². The van der Waals surface area contributed by atoms with Crippen LogP contribution in [-0.4, -0.2) is 62.3 Å². The summed E-state index contributed by atoms with van der Waals surface area (Å²) in [6.07, 6.45) is 2.07. The first-order valence-electron chi connectivity index (χ1n) is 9.99. The number of carbonyl (C=O) groups is 1. The molecule has 168 valence electrons. The molecular weight excluding hydrogens is 485 g/mol. The van der Waals surface area contributed by atoms with Crippen LogP contribution in [0.25, 0.3) is 0 Å². The molecule has 1 amide bonds. The first-order chi connectivity index (χ1) is 13.3. The van der Waals surface area contributed by atoms with Crippen LogP contribution in [-0.2, 0) is 4.74 Å². The number of furan rings is 1. The summed E-state index contributed by atoms with van der Waals surface area (Å²) in [5.41, 5.74) is -0.482. The van der Waals surface area contributed by atoms with Gasteiger partial charge in [-0.25, -0.2) is 4.79 Å². The van der Waals surface area contributed by atoms with Gasteiger partial charge in [0, 0.05) is 26.7 Å². The van der Waals surface area contributed by atoms with E-state index in [-0.39, 0.29) is 30.0 Å². The van der Waals surface area contributed by atoms with Crippen LogP contribution in [0.15, 0.2) is 27.8 Å². The smallest absolute Gasteiger partial charge is 0.407 e. The number of nitrogens with zero attached hydrogens (tertiary/aromatic N) is 2. The van der Waals surface area contributed by atoms with Gasteiger partial charge in [-0.3, -0.25) is 9.89 Å². The minimum atomic E-state index is -0.482. The van der Waals surface area contributed by atoms with Crippen molar-refractivity contribution in [3.05, 3.63) is 24.2 Å². The van der Waals surface area contributed by atoms with Gasteiger partial charge in [0.25, 0.3) is 0 Å². The van der Waals surface area contributed by atoms with E-state index in [0.717, 1.165) is 31.2 Å². The summed E-state index contributed by atoms with van der Waals surface area (Å²) in [5.74, 6) is 1.66. The van der Waals surface area contributed by atoms with E-state index in [1.54, 1.807) is 13.3 Å². The normalized spacial score (nSPS) is 12.9. The van der Waals surface area contributed by atoms with E-state index < -0.39 is 11.7 Å². The molecule has 0 aliphatic carbocycles. The molecule has 0 aliphatic rings. The number of alkyl carbamates (subject to hydrolysis) is 1. The Hall–Kier alpha value is -1.49. The Kier molecular flexibility index (Phi) is 13.7. The van der Waals surface area contributed by atoms with Gasteiger partial charge in [-0.1, -0.05) is 13.8 Å². The number of aliphatic imine (C=N–C) groups is 1. The zero-order valence-corrected chi connectivity index (χ0v) is 20.9. The lowest BCUT2D eigenvalue weighted by atomic mass is 10.2. The van der Waals surface area contributed by atoms with Crippen molar-refractivity contribution < 1.29 is 13.9 Å². The fourth-order valence-corrected chi connectivity index (χ4v) is 2.77. The third-order valence-corrected chi connectivity index (χ3v) is 4.13. The monoisotopic (exact) mass is 523 g/mol. The van der Waals surface area contributed by atoms with Gasteiger partial charge in [0.05, 0.1) is 12.3 Å². The van der Waals surface area contributed by atoms with Gasteiger partial charge in [-0.2, -0.15) is 0 Å². The molecule has 9 heteroatoms. The second-order valence-electron chi connectivity index (χ2n) is 7.41. The van der Waals surface area contributed by atoms with Crippen LogP contribution < -0.4 is 16.0 Å². The standard InChI is InChI=1S/C20H37N5O3.HI/c1-7-25(8-2)16(17-11-9-14-27-17)15-24-18(21-6)22-12-10-13-23-19(26)28-20(3,4)5;/h9,11,14,16H,7-8,10,12-13,15H2,1-6H3,(H,23,26)(H2,21,22,24);1H. The summed E-state index contributed by atoms with van der Waals surface area (Å²) >= 11 is 0. The lowest BCUT2D eigenvalue weighted by molar-refractivity contribution is 0.0527. The Labute approximate surface area is 192 Å². The zero-order chi connectivity index (χ0) is 21.0. The predicted octanol–water partition coefficient (Wildman–Crippen LogP) is 3.36. The number of amides is 1. The highest BCUT2D eigenvalue weighted by atomic mass is 127. The molecule has 1 unspecified atom stereocenters. The zero-order valence-electron chi connectivity index (χ0n) is 18.6. The summed E-state index contributed by atoms with van der Waals surface area (Å²) in [4.78, 5) is 18.2. The van der Waals surface area contributed by atoms with E-state index in [1.165, 1.54) is 0 Å². The van der Waals surface area contributed by atoms with Crippen molar-refractivity contribution in [3.63, 3.8) is 0 Å². The number of hydrogen-bond donors (Lipinski definition) is 3. The van der Waals surface area contributed by atoms with Crippen molar-refractivity contribution in [2.45, 2.75) is 52.7 Å². The highest BCUT2D eigenvalue weighted by molar-refractivity contribution is 14.0. The third-order valence-electron chi connectivity index (χ3n) is 4.13. The molecule has 0 aliphatic heterocycles. The number of halogens is 1. The molecule has 0 saturated carbocycles. The van der Waals surface area contributed by atoms with Gasteiger partial charge in [-0.15, -0.1) is 24.0 Å². The number of carbonyl (C=O) groups excluding carboxylic acids is 1. The Morgan fingerprint density at radius 2 is 1.86 bits per heavy atom. The van der Waals surface area contributed by atoms with Crippen molar-refractivity contribution in [2.24, 2.45) is 4.99 Å². The highest BCUT2D eigenvalue weighted by Gasteiger charge is 2.20. The maximum atomic E-state index is 11.6. The van der Waals surface area contributed by atoms with Crippen LogP contribution in [0.4, 0.5) is 4.79 Å².